The van der Waals surface area contributed by atoms with E-state index in [1.165, 1.54) is 13.3 Å². The van der Waals surface area contributed by atoms with Gasteiger partial charge in [-0.05, 0) is 17.7 Å². The Morgan fingerprint density at radius 3 is 2.50 bits per heavy atom. The molecule has 0 bridgehead atoms. The largest absolute Gasteiger partial charge is 0.624 e. The molecule has 2 aromatic carbocycles. The molecule has 20 heavy (non-hydrogen) atoms. The number of methoxy groups -OCH3 is 1. The van der Waals surface area contributed by atoms with Crippen molar-refractivity contribution in [1.29, 1.82) is 0 Å². The van der Waals surface area contributed by atoms with Crippen LogP contribution in [0, 0.1) is 5.21 Å². The lowest BCUT2D eigenvalue weighted by molar-refractivity contribution is -0.416. The van der Waals surface area contributed by atoms with Gasteiger partial charge in [0.25, 0.3) is 0 Å². The van der Waals surface area contributed by atoms with E-state index >= 15 is 0 Å². The summed E-state index contributed by atoms with van der Waals surface area (Å²) in [7, 11) is 3.01. The van der Waals surface area contributed by atoms with Crippen LogP contribution in [0.3, 0.4) is 0 Å². The van der Waals surface area contributed by atoms with E-state index in [0.717, 1.165) is 10.3 Å². The van der Waals surface area contributed by atoms with Crippen molar-refractivity contribution in [3.8, 4) is 11.5 Å². The first-order chi connectivity index (χ1) is 9.70. The van der Waals surface area contributed by atoms with Crippen molar-refractivity contribution >= 4 is 6.21 Å². The quantitative estimate of drug-likeness (QED) is 0.363. The van der Waals surface area contributed by atoms with Crippen molar-refractivity contribution in [3.05, 3.63) is 64.9 Å². The third kappa shape index (κ3) is 3.51. The summed E-state index contributed by atoms with van der Waals surface area (Å²) in [5.74, 6) is 1.18. The molecule has 4 nitrogen and oxygen atoms in total. The molecule has 0 heterocycles. The van der Waals surface area contributed by atoms with E-state index in [0.29, 0.717) is 23.7 Å². The zero-order valence-electron chi connectivity index (χ0n) is 11.6. The first-order valence-corrected chi connectivity index (χ1v) is 6.29. The molecule has 0 aliphatic rings. The van der Waals surface area contributed by atoms with Gasteiger partial charge < -0.3 is 14.7 Å². The van der Waals surface area contributed by atoms with Gasteiger partial charge in [-0.3, -0.25) is 0 Å². The predicted octanol–water partition coefficient (Wildman–Crippen LogP) is 2.83. The highest BCUT2D eigenvalue weighted by Crippen LogP contribution is 2.30. The van der Waals surface area contributed by atoms with Crippen molar-refractivity contribution in [3.63, 3.8) is 0 Å². The van der Waals surface area contributed by atoms with Crippen LogP contribution < -0.4 is 9.47 Å². The maximum Gasteiger partial charge on any atom is 0.185 e. The third-order valence-corrected chi connectivity index (χ3v) is 2.78. The molecular weight excluding hydrogens is 254 g/mol. The monoisotopic (exact) mass is 271 g/mol. The minimum atomic E-state index is 0.421. The summed E-state index contributed by atoms with van der Waals surface area (Å²) >= 11 is 0. The van der Waals surface area contributed by atoms with Gasteiger partial charge in [0, 0.05) is 0 Å². The maximum atomic E-state index is 11.2. The van der Waals surface area contributed by atoms with Gasteiger partial charge in [-0.25, -0.2) is 4.74 Å². The molecule has 104 valence electrons. The molecular formula is C16H17NO3. The number of benzene rings is 2. The molecule has 0 unspecified atom stereocenters. The highest BCUT2D eigenvalue weighted by molar-refractivity contribution is 5.81. The van der Waals surface area contributed by atoms with E-state index in [2.05, 4.69) is 0 Å². The van der Waals surface area contributed by atoms with Crippen molar-refractivity contribution < 1.29 is 14.2 Å². The second kappa shape index (κ2) is 6.61. The Hall–Kier alpha value is -2.49. The van der Waals surface area contributed by atoms with Gasteiger partial charge in [-0.1, -0.05) is 36.4 Å². The average Bonchev–Trinajstić information content (AvgIpc) is 2.46. The molecule has 0 spiro atoms. The van der Waals surface area contributed by atoms with Crippen LogP contribution in [-0.2, 0) is 6.61 Å². The Morgan fingerprint density at radius 1 is 1.10 bits per heavy atom. The lowest BCUT2D eigenvalue weighted by Crippen LogP contribution is -2.04. The molecule has 0 saturated carbocycles. The number of hydrogen-bond acceptors (Lipinski definition) is 3. The van der Waals surface area contributed by atoms with Crippen molar-refractivity contribution in [1.82, 2.24) is 0 Å². The molecule has 0 aromatic heterocycles. The number of hydroxylamine groups is 1. The molecule has 0 radical (unpaired) electrons. The first-order valence-electron chi connectivity index (χ1n) is 6.29. The summed E-state index contributed by atoms with van der Waals surface area (Å²) in [6.07, 6.45) is 1.46. The van der Waals surface area contributed by atoms with Gasteiger partial charge in [0.1, 0.15) is 13.7 Å². The van der Waals surface area contributed by atoms with Crippen LogP contribution in [0.1, 0.15) is 11.1 Å². The lowest BCUT2D eigenvalue weighted by Gasteiger charge is -2.12. The summed E-state index contributed by atoms with van der Waals surface area (Å²) in [6.45, 7) is 0.421. The molecule has 2 aromatic rings. The molecule has 2 rings (SSSR count). The first kappa shape index (κ1) is 13.9. The van der Waals surface area contributed by atoms with Crippen LogP contribution in [0.5, 0.6) is 11.5 Å². The molecule has 4 heteroatoms. The van der Waals surface area contributed by atoms with Crippen LogP contribution in [0.15, 0.2) is 48.5 Å². The fraction of sp³-hybridized carbons (Fsp3) is 0.188. The van der Waals surface area contributed by atoms with Crippen LogP contribution in [0.2, 0.25) is 0 Å². The van der Waals surface area contributed by atoms with Gasteiger partial charge >= 0.3 is 0 Å². The normalized spacial score (nSPS) is 11.2. The highest BCUT2D eigenvalue weighted by atomic mass is 16.5. The van der Waals surface area contributed by atoms with E-state index in [4.69, 9.17) is 9.47 Å². The summed E-state index contributed by atoms with van der Waals surface area (Å²) in [4.78, 5) is 0. The molecule has 0 N–H and O–H groups in total. The van der Waals surface area contributed by atoms with Crippen LogP contribution >= 0.6 is 0 Å². The molecule has 0 atom stereocenters. The van der Waals surface area contributed by atoms with Gasteiger partial charge in [-0.15, -0.1) is 0 Å². The fourth-order valence-electron chi connectivity index (χ4n) is 1.88. The number of hydrogen-bond donors (Lipinski definition) is 0. The lowest BCUT2D eigenvalue weighted by atomic mass is 10.2. The number of rotatable bonds is 5. The highest BCUT2D eigenvalue weighted by Gasteiger charge is 2.11. The Labute approximate surface area is 118 Å². The fourth-order valence-corrected chi connectivity index (χ4v) is 1.88. The third-order valence-electron chi connectivity index (χ3n) is 2.78. The molecule has 0 saturated heterocycles. The summed E-state index contributed by atoms with van der Waals surface area (Å²) in [6, 6.07) is 15.3. The summed E-state index contributed by atoms with van der Waals surface area (Å²) in [5, 5.41) is 11.2. The van der Waals surface area contributed by atoms with Crippen molar-refractivity contribution in [2.24, 2.45) is 0 Å². The van der Waals surface area contributed by atoms with E-state index in [1.54, 1.807) is 7.11 Å². The van der Waals surface area contributed by atoms with E-state index < -0.39 is 0 Å². The minimum Gasteiger partial charge on any atom is -0.624 e. The Balaban J connectivity index is 2.27. The average molecular weight is 271 g/mol. The SMILES string of the molecule is COc1cccc(/C=[N+](\C)[O-])c1OCc1ccccc1. The number of ether oxygens (including phenoxy) is 2. The Morgan fingerprint density at radius 2 is 1.85 bits per heavy atom. The zero-order chi connectivity index (χ0) is 14.4. The van der Waals surface area contributed by atoms with Gasteiger partial charge in [0.15, 0.2) is 17.7 Å². The van der Waals surface area contributed by atoms with Gasteiger partial charge in [0.2, 0.25) is 0 Å². The standard InChI is InChI=1S/C16H17NO3/c1-17(18)11-14-9-6-10-15(19-2)16(14)20-12-13-7-4-3-5-8-13/h3-11H,12H2,1-2H3/b17-11+. The Bertz CT molecular complexity index is 590. The molecule has 0 aliphatic heterocycles. The van der Waals surface area contributed by atoms with Crippen LogP contribution in [-0.4, -0.2) is 25.1 Å². The van der Waals surface area contributed by atoms with E-state index in [9.17, 15) is 5.21 Å². The molecule has 0 fully saturated rings. The number of nitrogens with zero attached hydrogens (tertiary/aromatic N) is 1. The van der Waals surface area contributed by atoms with E-state index in [-0.39, 0.29) is 0 Å². The summed E-state index contributed by atoms with van der Waals surface area (Å²) in [5.41, 5.74) is 1.75. The minimum absolute atomic E-state index is 0.421. The van der Waals surface area contributed by atoms with Gasteiger partial charge in [-0.2, -0.15) is 0 Å². The second-order valence-electron chi connectivity index (χ2n) is 4.33. The molecule has 0 aliphatic carbocycles. The number of para-hydroxylation sites is 1. The molecule has 0 amide bonds. The van der Waals surface area contributed by atoms with Crippen LogP contribution in [0.25, 0.3) is 0 Å². The smallest absolute Gasteiger partial charge is 0.185 e. The predicted molar refractivity (Wildman–Crippen MR) is 78.5 cm³/mol. The van der Waals surface area contributed by atoms with Crippen molar-refractivity contribution in [2.75, 3.05) is 14.2 Å². The second-order valence-corrected chi connectivity index (χ2v) is 4.33. The van der Waals surface area contributed by atoms with Crippen LogP contribution in [0.4, 0.5) is 0 Å². The zero-order valence-corrected chi connectivity index (χ0v) is 11.6. The van der Waals surface area contributed by atoms with E-state index in [1.807, 2.05) is 48.5 Å². The van der Waals surface area contributed by atoms with Crippen molar-refractivity contribution in [2.45, 2.75) is 6.61 Å². The topological polar surface area (TPSA) is 44.5 Å². The summed E-state index contributed by atoms with van der Waals surface area (Å²) < 4.78 is 11.9. The Kier molecular flexibility index (Phi) is 4.60. The van der Waals surface area contributed by atoms with Gasteiger partial charge in [0.05, 0.1) is 12.7 Å². The maximum absolute atomic E-state index is 11.2.